The largest absolute Gasteiger partial charge is 0.399 e. The molecule has 0 heterocycles. The zero-order chi connectivity index (χ0) is 15.3. The van der Waals surface area contributed by atoms with Gasteiger partial charge in [-0.15, -0.1) is 0 Å². The second-order valence-electron chi connectivity index (χ2n) is 4.97. The van der Waals surface area contributed by atoms with Gasteiger partial charge in [0.2, 0.25) is 5.91 Å². The number of nitrogen functional groups attached to an aromatic ring is 1. The van der Waals surface area contributed by atoms with Crippen molar-refractivity contribution in [3.63, 3.8) is 0 Å². The first-order valence-electron chi connectivity index (χ1n) is 6.55. The molecule has 0 fully saturated rings. The smallest absolute Gasteiger partial charge is 0.227 e. The van der Waals surface area contributed by atoms with Crippen molar-refractivity contribution < 1.29 is 13.2 Å². The van der Waals surface area contributed by atoms with Crippen LogP contribution < -0.4 is 5.73 Å². The first-order chi connectivity index (χ1) is 9.25. The maximum absolute atomic E-state index is 12.1. The third-order valence-corrected chi connectivity index (χ3v) is 5.19. The topological polar surface area (TPSA) is 80.5 Å². The van der Waals surface area contributed by atoms with E-state index in [1.807, 2.05) is 0 Å². The highest BCUT2D eigenvalue weighted by atomic mass is 32.2. The molecule has 1 aromatic rings. The van der Waals surface area contributed by atoms with E-state index in [0.29, 0.717) is 5.69 Å². The summed E-state index contributed by atoms with van der Waals surface area (Å²) in [6.07, 6.45) is 0.243. The lowest BCUT2D eigenvalue weighted by Gasteiger charge is -2.24. The van der Waals surface area contributed by atoms with Gasteiger partial charge in [-0.25, -0.2) is 8.42 Å². The summed E-state index contributed by atoms with van der Waals surface area (Å²) in [5.41, 5.74) is 7.10. The molecule has 0 saturated carbocycles. The zero-order valence-corrected chi connectivity index (χ0v) is 13.0. The standard InChI is InChI=1S/C14H22N2O3S/c1-4-20(18,19)10-11(2)16(3)14(17)9-12-5-7-13(15)8-6-12/h5-8,11H,4,9-10,15H2,1-3H3. The van der Waals surface area contributed by atoms with Gasteiger partial charge in [0.25, 0.3) is 0 Å². The van der Waals surface area contributed by atoms with Crippen LogP contribution >= 0.6 is 0 Å². The third kappa shape index (κ3) is 4.85. The highest BCUT2D eigenvalue weighted by Crippen LogP contribution is 2.09. The van der Waals surface area contributed by atoms with Crippen molar-refractivity contribution in [2.24, 2.45) is 0 Å². The van der Waals surface area contributed by atoms with Crippen LogP contribution in [-0.2, 0) is 21.1 Å². The lowest BCUT2D eigenvalue weighted by molar-refractivity contribution is -0.130. The average Bonchev–Trinajstić information content (AvgIpc) is 2.40. The molecule has 0 aliphatic rings. The summed E-state index contributed by atoms with van der Waals surface area (Å²) in [6.45, 7) is 3.35. The maximum atomic E-state index is 12.1. The molecule has 1 unspecified atom stereocenters. The maximum Gasteiger partial charge on any atom is 0.227 e. The van der Waals surface area contributed by atoms with Crippen LogP contribution in [0.3, 0.4) is 0 Å². The Labute approximate surface area is 120 Å². The molecule has 1 atom stereocenters. The second-order valence-corrected chi connectivity index (χ2v) is 7.37. The number of sulfone groups is 1. The Kier molecular flexibility index (Phi) is 5.56. The number of nitrogens with two attached hydrogens (primary N) is 1. The lowest BCUT2D eigenvalue weighted by atomic mass is 10.1. The number of anilines is 1. The molecule has 0 aliphatic heterocycles. The van der Waals surface area contributed by atoms with Crippen molar-refractivity contribution in [2.75, 3.05) is 24.3 Å². The summed E-state index contributed by atoms with van der Waals surface area (Å²) >= 11 is 0. The van der Waals surface area contributed by atoms with Gasteiger partial charge in [0, 0.05) is 24.5 Å². The van der Waals surface area contributed by atoms with Crippen LogP contribution in [0.5, 0.6) is 0 Å². The average molecular weight is 298 g/mol. The van der Waals surface area contributed by atoms with E-state index in [1.165, 1.54) is 4.90 Å². The minimum Gasteiger partial charge on any atom is -0.399 e. The van der Waals surface area contributed by atoms with E-state index in [9.17, 15) is 13.2 Å². The minimum absolute atomic E-state index is 0.00647. The Morgan fingerprint density at radius 2 is 1.85 bits per heavy atom. The fourth-order valence-corrected chi connectivity index (χ4v) is 2.97. The van der Waals surface area contributed by atoms with E-state index in [0.717, 1.165) is 5.56 Å². The van der Waals surface area contributed by atoms with E-state index in [2.05, 4.69) is 0 Å². The Balaban J connectivity index is 2.65. The van der Waals surface area contributed by atoms with Crippen molar-refractivity contribution in [3.05, 3.63) is 29.8 Å². The molecule has 0 spiro atoms. The van der Waals surface area contributed by atoms with Crippen LogP contribution in [-0.4, -0.2) is 43.8 Å². The predicted molar refractivity (Wildman–Crippen MR) is 81.1 cm³/mol. The summed E-state index contributed by atoms with van der Waals surface area (Å²) in [6, 6.07) is 6.76. The molecule has 0 aromatic heterocycles. The summed E-state index contributed by atoms with van der Waals surface area (Å²) in [5.74, 6) is -0.0151. The number of hydrogen-bond acceptors (Lipinski definition) is 4. The van der Waals surface area contributed by atoms with Crippen molar-refractivity contribution in [2.45, 2.75) is 26.3 Å². The number of nitrogens with zero attached hydrogens (tertiary/aromatic N) is 1. The van der Waals surface area contributed by atoms with Gasteiger partial charge in [-0.05, 0) is 24.6 Å². The highest BCUT2D eigenvalue weighted by molar-refractivity contribution is 7.91. The van der Waals surface area contributed by atoms with E-state index in [4.69, 9.17) is 5.73 Å². The SMILES string of the molecule is CCS(=O)(=O)CC(C)N(C)C(=O)Cc1ccc(N)cc1. The van der Waals surface area contributed by atoms with Crippen molar-refractivity contribution >= 4 is 21.4 Å². The summed E-state index contributed by atoms with van der Waals surface area (Å²) in [5, 5.41) is 0. The van der Waals surface area contributed by atoms with Gasteiger partial charge in [-0.1, -0.05) is 19.1 Å². The second kappa shape index (κ2) is 6.74. The Morgan fingerprint density at radius 3 is 2.35 bits per heavy atom. The molecule has 0 aliphatic carbocycles. The number of carbonyl (C=O) groups is 1. The van der Waals surface area contributed by atoms with E-state index in [-0.39, 0.29) is 29.9 Å². The number of likely N-dealkylation sites (N-methyl/N-ethyl adjacent to an activating group) is 1. The van der Waals surface area contributed by atoms with E-state index in [1.54, 1.807) is 45.2 Å². The van der Waals surface area contributed by atoms with Crippen LogP contribution in [0.25, 0.3) is 0 Å². The Hall–Kier alpha value is -1.56. The number of amides is 1. The normalized spacial score (nSPS) is 12.9. The quantitative estimate of drug-likeness (QED) is 0.797. The monoisotopic (exact) mass is 298 g/mol. The number of carbonyl (C=O) groups excluding carboxylic acids is 1. The van der Waals surface area contributed by atoms with E-state index >= 15 is 0 Å². The Bertz CT molecular complexity index is 552. The molecule has 0 saturated heterocycles. The molecular formula is C14H22N2O3S. The molecule has 0 radical (unpaired) electrons. The molecule has 0 bridgehead atoms. The van der Waals surface area contributed by atoms with Gasteiger partial charge in [0.05, 0.1) is 12.2 Å². The molecular weight excluding hydrogens is 276 g/mol. The van der Waals surface area contributed by atoms with Crippen molar-refractivity contribution in [3.8, 4) is 0 Å². The van der Waals surface area contributed by atoms with E-state index < -0.39 is 9.84 Å². The first kappa shape index (κ1) is 16.5. The van der Waals surface area contributed by atoms with Gasteiger partial charge in [0.1, 0.15) is 0 Å². The van der Waals surface area contributed by atoms with Crippen molar-refractivity contribution in [1.82, 2.24) is 4.90 Å². The third-order valence-electron chi connectivity index (χ3n) is 3.32. The van der Waals surface area contributed by atoms with Crippen LogP contribution in [0.1, 0.15) is 19.4 Å². The van der Waals surface area contributed by atoms with Gasteiger partial charge < -0.3 is 10.6 Å². The molecule has 1 aromatic carbocycles. The first-order valence-corrected chi connectivity index (χ1v) is 8.38. The van der Waals surface area contributed by atoms with Crippen LogP contribution in [0.15, 0.2) is 24.3 Å². The molecule has 6 heteroatoms. The van der Waals surface area contributed by atoms with Crippen LogP contribution in [0.2, 0.25) is 0 Å². The van der Waals surface area contributed by atoms with Gasteiger partial charge in [-0.2, -0.15) is 0 Å². The minimum atomic E-state index is -3.09. The Morgan fingerprint density at radius 1 is 1.30 bits per heavy atom. The number of rotatable bonds is 6. The van der Waals surface area contributed by atoms with Gasteiger partial charge in [0.15, 0.2) is 9.84 Å². The molecule has 112 valence electrons. The molecule has 1 rings (SSSR count). The molecule has 2 N–H and O–H groups in total. The lowest BCUT2D eigenvalue weighted by Crippen LogP contribution is -2.40. The zero-order valence-electron chi connectivity index (χ0n) is 12.2. The predicted octanol–water partition coefficient (Wildman–Crippen LogP) is 1.09. The summed E-state index contributed by atoms with van der Waals surface area (Å²) in [4.78, 5) is 13.6. The number of hydrogen-bond donors (Lipinski definition) is 1. The fourth-order valence-electron chi connectivity index (χ4n) is 1.78. The number of benzene rings is 1. The summed E-state index contributed by atoms with van der Waals surface area (Å²) in [7, 11) is -1.45. The van der Waals surface area contributed by atoms with Crippen LogP contribution in [0, 0.1) is 0 Å². The molecule has 1 amide bonds. The van der Waals surface area contributed by atoms with Gasteiger partial charge in [-0.3, -0.25) is 4.79 Å². The summed E-state index contributed by atoms with van der Waals surface area (Å²) < 4.78 is 23.2. The molecule has 20 heavy (non-hydrogen) atoms. The molecule has 5 nitrogen and oxygen atoms in total. The van der Waals surface area contributed by atoms with Crippen molar-refractivity contribution in [1.29, 1.82) is 0 Å². The fraction of sp³-hybridized carbons (Fsp3) is 0.500. The van der Waals surface area contributed by atoms with Gasteiger partial charge >= 0.3 is 0 Å². The van der Waals surface area contributed by atoms with Crippen LogP contribution in [0.4, 0.5) is 5.69 Å². The highest BCUT2D eigenvalue weighted by Gasteiger charge is 2.21.